The Morgan fingerprint density at radius 3 is 3.00 bits per heavy atom. The number of carbonyl (C=O) groups excluding carboxylic acids is 1. The highest BCUT2D eigenvalue weighted by molar-refractivity contribution is 7.12. The number of nitrogens with zero attached hydrogens (tertiary/aromatic N) is 1. The Hall–Kier alpha value is -1.88. The number of anilines is 1. The Morgan fingerprint density at radius 1 is 1.50 bits per heavy atom. The number of nitrogens with one attached hydrogen (secondary N) is 1. The van der Waals surface area contributed by atoms with Crippen LogP contribution in [-0.4, -0.2) is 10.9 Å². The molecule has 2 aromatic rings. The molecule has 0 radical (unpaired) electrons. The van der Waals surface area contributed by atoms with E-state index < -0.39 is 0 Å². The Labute approximate surface area is 97.1 Å². The second-order valence-corrected chi connectivity index (χ2v) is 4.17. The van der Waals surface area contributed by atoms with E-state index in [1.54, 1.807) is 23.8 Å². The molecule has 1 amide bonds. The van der Waals surface area contributed by atoms with Crippen molar-refractivity contribution in [1.29, 1.82) is 0 Å². The normalized spacial score (nSPS) is 10.0. The molecule has 5 heteroatoms. The molecule has 0 saturated carbocycles. The number of aromatic nitrogens is 1. The maximum atomic E-state index is 11.7. The highest BCUT2D eigenvalue weighted by Gasteiger charge is 2.10. The Bertz CT molecular complexity index is 481. The van der Waals surface area contributed by atoms with Crippen LogP contribution in [0.15, 0.2) is 36.0 Å². The standard InChI is InChI=1S/C11H11N3OS/c12-9-3-5-16-10(9)11(15)14-7-8-2-1-4-13-6-8/h1-6H,7,12H2,(H,14,15). The van der Waals surface area contributed by atoms with Crippen LogP contribution >= 0.6 is 11.3 Å². The molecule has 4 nitrogen and oxygen atoms in total. The molecular formula is C11H11N3OS. The molecule has 2 aromatic heterocycles. The molecule has 0 atom stereocenters. The molecule has 0 aliphatic carbocycles. The van der Waals surface area contributed by atoms with Crippen molar-refractivity contribution in [1.82, 2.24) is 10.3 Å². The topological polar surface area (TPSA) is 68.0 Å². The van der Waals surface area contributed by atoms with Crippen molar-refractivity contribution in [2.45, 2.75) is 6.54 Å². The van der Waals surface area contributed by atoms with Gasteiger partial charge in [0.05, 0.1) is 5.69 Å². The maximum absolute atomic E-state index is 11.7. The smallest absolute Gasteiger partial charge is 0.263 e. The van der Waals surface area contributed by atoms with Crippen LogP contribution in [0.2, 0.25) is 0 Å². The highest BCUT2D eigenvalue weighted by Crippen LogP contribution is 2.18. The van der Waals surface area contributed by atoms with Gasteiger partial charge in [0.25, 0.3) is 5.91 Å². The van der Waals surface area contributed by atoms with Crippen LogP contribution in [0.3, 0.4) is 0 Å². The number of rotatable bonds is 3. The van der Waals surface area contributed by atoms with E-state index in [4.69, 9.17) is 5.73 Å². The van der Waals surface area contributed by atoms with Gasteiger partial charge < -0.3 is 11.1 Å². The molecule has 0 unspecified atom stereocenters. The number of pyridine rings is 1. The summed E-state index contributed by atoms with van der Waals surface area (Å²) in [6.07, 6.45) is 3.42. The van der Waals surface area contributed by atoms with Crippen LogP contribution < -0.4 is 11.1 Å². The zero-order valence-electron chi connectivity index (χ0n) is 8.51. The Morgan fingerprint density at radius 2 is 2.38 bits per heavy atom. The number of thiophene rings is 1. The van der Waals surface area contributed by atoms with Gasteiger partial charge in [0.2, 0.25) is 0 Å². The average Bonchev–Trinajstić information content (AvgIpc) is 2.74. The van der Waals surface area contributed by atoms with Gasteiger partial charge in [-0.15, -0.1) is 11.3 Å². The summed E-state index contributed by atoms with van der Waals surface area (Å²) in [4.78, 5) is 16.2. The minimum absolute atomic E-state index is 0.142. The van der Waals surface area contributed by atoms with Crippen LogP contribution in [0.4, 0.5) is 5.69 Å². The van der Waals surface area contributed by atoms with Crippen LogP contribution in [-0.2, 0) is 6.54 Å². The van der Waals surface area contributed by atoms with Gasteiger partial charge in [0.1, 0.15) is 4.88 Å². The second kappa shape index (κ2) is 4.76. The van der Waals surface area contributed by atoms with Crippen molar-refractivity contribution in [3.05, 3.63) is 46.4 Å². The first-order valence-electron chi connectivity index (χ1n) is 4.77. The first-order chi connectivity index (χ1) is 7.77. The van der Waals surface area contributed by atoms with Crippen LogP contribution in [0.25, 0.3) is 0 Å². The van der Waals surface area contributed by atoms with E-state index in [1.807, 2.05) is 12.1 Å². The highest BCUT2D eigenvalue weighted by atomic mass is 32.1. The molecule has 2 rings (SSSR count). The van der Waals surface area contributed by atoms with Gasteiger partial charge in [-0.2, -0.15) is 0 Å². The summed E-state index contributed by atoms with van der Waals surface area (Å²) in [5.74, 6) is -0.142. The molecule has 0 bridgehead atoms. The average molecular weight is 233 g/mol. The fourth-order valence-electron chi connectivity index (χ4n) is 1.27. The molecule has 2 heterocycles. The third-order valence-corrected chi connectivity index (χ3v) is 3.01. The van der Waals surface area contributed by atoms with Crippen molar-refractivity contribution in [3.8, 4) is 0 Å². The summed E-state index contributed by atoms with van der Waals surface area (Å²) in [6.45, 7) is 0.462. The summed E-state index contributed by atoms with van der Waals surface area (Å²) in [5.41, 5.74) is 7.13. The molecular weight excluding hydrogens is 222 g/mol. The first-order valence-corrected chi connectivity index (χ1v) is 5.65. The third kappa shape index (κ3) is 2.38. The first kappa shape index (κ1) is 10.6. The van der Waals surface area contributed by atoms with Crippen molar-refractivity contribution >= 4 is 22.9 Å². The summed E-state index contributed by atoms with van der Waals surface area (Å²) in [6, 6.07) is 5.47. The lowest BCUT2D eigenvalue weighted by Crippen LogP contribution is -2.22. The van der Waals surface area contributed by atoms with E-state index in [1.165, 1.54) is 11.3 Å². The third-order valence-electron chi connectivity index (χ3n) is 2.08. The number of nitrogen functional groups attached to an aromatic ring is 1. The van der Waals surface area contributed by atoms with E-state index in [-0.39, 0.29) is 5.91 Å². The molecule has 0 saturated heterocycles. The lowest BCUT2D eigenvalue weighted by atomic mass is 10.3. The minimum Gasteiger partial charge on any atom is -0.397 e. The summed E-state index contributed by atoms with van der Waals surface area (Å²) < 4.78 is 0. The maximum Gasteiger partial charge on any atom is 0.263 e. The predicted octanol–water partition coefficient (Wildman–Crippen LogP) is 1.66. The van der Waals surface area contributed by atoms with Crippen LogP contribution in [0.1, 0.15) is 15.2 Å². The number of amides is 1. The molecule has 0 aliphatic heterocycles. The van der Waals surface area contributed by atoms with Crippen molar-refractivity contribution in [2.24, 2.45) is 0 Å². The molecule has 0 spiro atoms. The lowest BCUT2D eigenvalue weighted by Gasteiger charge is -2.03. The molecule has 16 heavy (non-hydrogen) atoms. The van der Waals surface area contributed by atoms with E-state index in [9.17, 15) is 4.79 Å². The monoisotopic (exact) mass is 233 g/mol. The van der Waals surface area contributed by atoms with Gasteiger partial charge in [-0.3, -0.25) is 9.78 Å². The predicted molar refractivity (Wildman–Crippen MR) is 64.1 cm³/mol. The molecule has 0 aliphatic rings. The summed E-state index contributed by atoms with van der Waals surface area (Å²) in [7, 11) is 0. The number of carbonyl (C=O) groups is 1. The summed E-state index contributed by atoms with van der Waals surface area (Å²) in [5, 5.41) is 4.59. The van der Waals surface area contributed by atoms with Crippen molar-refractivity contribution < 1.29 is 4.79 Å². The number of nitrogens with two attached hydrogens (primary N) is 1. The number of hydrogen-bond donors (Lipinski definition) is 2. The Kier molecular flexibility index (Phi) is 3.16. The zero-order chi connectivity index (χ0) is 11.4. The SMILES string of the molecule is Nc1ccsc1C(=O)NCc1cccnc1. The largest absolute Gasteiger partial charge is 0.397 e. The Balaban J connectivity index is 1.97. The van der Waals surface area contributed by atoms with Crippen LogP contribution in [0, 0.1) is 0 Å². The zero-order valence-corrected chi connectivity index (χ0v) is 9.33. The van der Waals surface area contributed by atoms with Crippen molar-refractivity contribution in [2.75, 3.05) is 5.73 Å². The van der Waals surface area contributed by atoms with E-state index in [0.717, 1.165) is 5.56 Å². The van der Waals surface area contributed by atoms with E-state index in [2.05, 4.69) is 10.3 Å². The molecule has 0 aromatic carbocycles. The lowest BCUT2D eigenvalue weighted by molar-refractivity contribution is 0.0956. The fourth-order valence-corrected chi connectivity index (χ4v) is 2.00. The van der Waals surface area contributed by atoms with Crippen molar-refractivity contribution in [3.63, 3.8) is 0 Å². The molecule has 3 N–H and O–H groups in total. The van der Waals surface area contributed by atoms with E-state index in [0.29, 0.717) is 17.1 Å². The number of hydrogen-bond acceptors (Lipinski definition) is 4. The van der Waals surface area contributed by atoms with Gasteiger partial charge in [0.15, 0.2) is 0 Å². The quantitative estimate of drug-likeness (QED) is 0.847. The minimum atomic E-state index is -0.142. The van der Waals surface area contributed by atoms with Gasteiger partial charge in [-0.1, -0.05) is 6.07 Å². The fraction of sp³-hybridized carbons (Fsp3) is 0.0909. The van der Waals surface area contributed by atoms with Gasteiger partial charge in [-0.05, 0) is 23.1 Å². The van der Waals surface area contributed by atoms with Gasteiger partial charge in [-0.25, -0.2) is 0 Å². The molecule has 0 fully saturated rings. The van der Waals surface area contributed by atoms with Crippen LogP contribution in [0.5, 0.6) is 0 Å². The van der Waals surface area contributed by atoms with E-state index >= 15 is 0 Å². The molecule has 82 valence electrons. The summed E-state index contributed by atoms with van der Waals surface area (Å²) >= 11 is 1.34. The second-order valence-electron chi connectivity index (χ2n) is 3.25. The van der Waals surface area contributed by atoms with Gasteiger partial charge >= 0.3 is 0 Å². The van der Waals surface area contributed by atoms with Gasteiger partial charge in [0, 0.05) is 18.9 Å².